The molecule has 4 nitrogen and oxygen atoms in total. The van der Waals surface area contributed by atoms with Crippen LogP contribution in [0.3, 0.4) is 0 Å². The van der Waals surface area contributed by atoms with Gasteiger partial charge >= 0.3 is 0 Å². The molecular formula is C18H20ClNO3S. The fourth-order valence-electron chi connectivity index (χ4n) is 2.80. The Labute approximate surface area is 148 Å². The van der Waals surface area contributed by atoms with Crippen molar-refractivity contribution in [3.8, 4) is 5.75 Å². The van der Waals surface area contributed by atoms with Crippen molar-refractivity contribution >= 4 is 27.3 Å². The summed E-state index contributed by atoms with van der Waals surface area (Å²) >= 11 is 6.62. The summed E-state index contributed by atoms with van der Waals surface area (Å²) in [6, 6.07) is 12.4. The van der Waals surface area contributed by atoms with Crippen molar-refractivity contribution in [3.05, 3.63) is 53.6 Å². The highest BCUT2D eigenvalue weighted by molar-refractivity contribution is 7.92. The predicted octanol–water partition coefficient (Wildman–Crippen LogP) is 4.33. The Balaban J connectivity index is 2.12. The number of para-hydroxylation sites is 1. The third kappa shape index (κ3) is 2.87. The zero-order chi connectivity index (χ0) is 17.3. The molecule has 6 heteroatoms. The van der Waals surface area contributed by atoms with Crippen LogP contribution in [0.2, 0.25) is 0 Å². The van der Waals surface area contributed by atoms with E-state index in [2.05, 4.69) is 6.92 Å². The molecular weight excluding hydrogens is 346 g/mol. The molecule has 1 atom stereocenters. The van der Waals surface area contributed by atoms with E-state index in [1.165, 1.54) is 4.31 Å². The maximum absolute atomic E-state index is 13.0. The van der Waals surface area contributed by atoms with Gasteiger partial charge in [0.05, 0.1) is 22.6 Å². The highest BCUT2D eigenvalue weighted by Gasteiger charge is 2.34. The van der Waals surface area contributed by atoms with Crippen LogP contribution in [0, 0.1) is 0 Å². The van der Waals surface area contributed by atoms with Crippen molar-refractivity contribution in [2.45, 2.75) is 30.0 Å². The van der Waals surface area contributed by atoms with Gasteiger partial charge in [0.25, 0.3) is 10.0 Å². The molecule has 0 spiro atoms. The topological polar surface area (TPSA) is 46.6 Å². The lowest BCUT2D eigenvalue weighted by Gasteiger charge is -2.19. The third-order valence-corrected chi connectivity index (χ3v) is 6.51. The van der Waals surface area contributed by atoms with Gasteiger partial charge in [-0.05, 0) is 29.7 Å². The summed E-state index contributed by atoms with van der Waals surface area (Å²) in [6.07, 6.45) is 1.94. The Morgan fingerprint density at radius 2 is 1.92 bits per heavy atom. The Morgan fingerprint density at radius 3 is 2.67 bits per heavy atom. The summed E-state index contributed by atoms with van der Waals surface area (Å²) in [5, 5.41) is -0.527. The lowest BCUT2D eigenvalue weighted by Crippen LogP contribution is -2.26. The maximum Gasteiger partial charge on any atom is 0.264 e. The van der Waals surface area contributed by atoms with Gasteiger partial charge in [0.2, 0.25) is 0 Å². The molecule has 3 rings (SSSR count). The fourth-order valence-corrected chi connectivity index (χ4v) is 4.71. The van der Waals surface area contributed by atoms with Crippen LogP contribution in [0.25, 0.3) is 0 Å². The molecule has 1 unspecified atom stereocenters. The minimum atomic E-state index is -3.69. The summed E-state index contributed by atoms with van der Waals surface area (Å²) in [6.45, 7) is 2.64. The number of ether oxygens (including phenoxy) is 1. The summed E-state index contributed by atoms with van der Waals surface area (Å²) in [7, 11) is -2.13. The van der Waals surface area contributed by atoms with Gasteiger partial charge in [-0.1, -0.05) is 37.6 Å². The van der Waals surface area contributed by atoms with E-state index in [-0.39, 0.29) is 4.90 Å². The molecule has 0 fully saturated rings. The second kappa shape index (κ2) is 6.65. The number of sulfonamides is 1. The molecule has 128 valence electrons. The Morgan fingerprint density at radius 1 is 1.17 bits per heavy atom. The highest BCUT2D eigenvalue weighted by Crippen LogP contribution is 2.44. The predicted molar refractivity (Wildman–Crippen MR) is 96.6 cm³/mol. The second-order valence-corrected chi connectivity index (χ2v) is 8.17. The molecule has 0 amide bonds. The normalized spacial score (nSPS) is 18.5. The molecule has 2 aromatic rings. The Bertz CT molecular complexity index is 851. The Hall–Kier alpha value is -1.72. The summed E-state index contributed by atoms with van der Waals surface area (Å²) in [5.74, 6) is 0.550. The van der Waals surface area contributed by atoms with Gasteiger partial charge < -0.3 is 4.74 Å². The van der Waals surface area contributed by atoms with E-state index in [1.807, 2.05) is 18.2 Å². The smallest absolute Gasteiger partial charge is 0.264 e. The molecule has 1 aliphatic heterocycles. The number of halogens is 1. The first-order valence-corrected chi connectivity index (χ1v) is 9.83. The van der Waals surface area contributed by atoms with Gasteiger partial charge in [-0.15, -0.1) is 11.6 Å². The first-order chi connectivity index (χ1) is 11.5. The van der Waals surface area contributed by atoms with E-state index in [1.54, 1.807) is 31.3 Å². The third-order valence-electron chi connectivity index (χ3n) is 4.21. The van der Waals surface area contributed by atoms with Crippen LogP contribution in [0.5, 0.6) is 5.75 Å². The minimum absolute atomic E-state index is 0.204. The van der Waals surface area contributed by atoms with Crippen molar-refractivity contribution in [3.63, 3.8) is 0 Å². The number of fused-ring (bicyclic) bond motifs is 2. The van der Waals surface area contributed by atoms with E-state index >= 15 is 0 Å². The van der Waals surface area contributed by atoms with Crippen LogP contribution in [-0.4, -0.2) is 22.1 Å². The van der Waals surface area contributed by atoms with Crippen LogP contribution < -0.4 is 9.04 Å². The molecule has 0 aromatic heterocycles. The number of unbranched alkanes of at least 4 members (excludes halogenated alkanes) is 1. The average Bonchev–Trinajstić information content (AvgIpc) is 2.65. The average molecular weight is 366 g/mol. The van der Waals surface area contributed by atoms with E-state index in [0.29, 0.717) is 23.6 Å². The molecule has 0 saturated heterocycles. The van der Waals surface area contributed by atoms with Crippen molar-refractivity contribution in [2.24, 2.45) is 0 Å². The SMILES string of the molecule is CCCCOc1ccc2c(c1)S(=O)(=O)N(C)c1ccccc1C2Cl. The van der Waals surface area contributed by atoms with Crippen molar-refractivity contribution in [2.75, 3.05) is 18.0 Å². The molecule has 24 heavy (non-hydrogen) atoms. The van der Waals surface area contributed by atoms with Crippen LogP contribution in [-0.2, 0) is 10.0 Å². The monoisotopic (exact) mass is 365 g/mol. The molecule has 1 heterocycles. The van der Waals surface area contributed by atoms with E-state index < -0.39 is 15.4 Å². The summed E-state index contributed by atoms with van der Waals surface area (Å²) < 4.78 is 33.0. The van der Waals surface area contributed by atoms with Crippen LogP contribution in [0.4, 0.5) is 5.69 Å². The first kappa shape index (κ1) is 17.1. The minimum Gasteiger partial charge on any atom is -0.494 e. The molecule has 0 N–H and O–H groups in total. The first-order valence-electron chi connectivity index (χ1n) is 7.95. The number of hydrogen-bond donors (Lipinski definition) is 0. The lowest BCUT2D eigenvalue weighted by atomic mass is 10.0. The summed E-state index contributed by atoms with van der Waals surface area (Å²) in [4.78, 5) is 0.204. The molecule has 1 aliphatic rings. The molecule has 0 saturated carbocycles. The van der Waals surface area contributed by atoms with Crippen molar-refractivity contribution in [1.82, 2.24) is 0 Å². The van der Waals surface area contributed by atoms with Gasteiger partial charge in [0.1, 0.15) is 5.75 Å². The number of anilines is 1. The molecule has 0 aliphatic carbocycles. The fraction of sp³-hybridized carbons (Fsp3) is 0.333. The highest BCUT2D eigenvalue weighted by atomic mass is 35.5. The zero-order valence-electron chi connectivity index (χ0n) is 13.7. The van der Waals surface area contributed by atoms with Gasteiger partial charge in [-0.25, -0.2) is 8.42 Å². The van der Waals surface area contributed by atoms with E-state index in [0.717, 1.165) is 18.4 Å². The molecule has 0 bridgehead atoms. The largest absolute Gasteiger partial charge is 0.494 e. The van der Waals surface area contributed by atoms with Crippen LogP contribution >= 0.6 is 11.6 Å². The zero-order valence-corrected chi connectivity index (χ0v) is 15.3. The van der Waals surface area contributed by atoms with E-state index in [4.69, 9.17) is 16.3 Å². The maximum atomic E-state index is 13.0. The van der Waals surface area contributed by atoms with E-state index in [9.17, 15) is 8.42 Å². The van der Waals surface area contributed by atoms with Crippen molar-refractivity contribution < 1.29 is 13.2 Å². The summed E-state index contributed by atoms with van der Waals surface area (Å²) in [5.41, 5.74) is 1.96. The van der Waals surface area contributed by atoms with Gasteiger partial charge in [0, 0.05) is 13.1 Å². The van der Waals surface area contributed by atoms with Crippen molar-refractivity contribution in [1.29, 1.82) is 0 Å². The number of nitrogens with zero attached hydrogens (tertiary/aromatic N) is 1. The van der Waals surface area contributed by atoms with Crippen LogP contribution in [0.1, 0.15) is 36.3 Å². The number of rotatable bonds is 4. The van der Waals surface area contributed by atoms with Crippen LogP contribution in [0.15, 0.2) is 47.4 Å². The Kier molecular flexibility index (Phi) is 4.74. The van der Waals surface area contributed by atoms with Gasteiger partial charge in [0.15, 0.2) is 0 Å². The van der Waals surface area contributed by atoms with Gasteiger partial charge in [-0.3, -0.25) is 4.31 Å². The lowest BCUT2D eigenvalue weighted by molar-refractivity contribution is 0.308. The molecule has 0 radical (unpaired) electrons. The molecule has 2 aromatic carbocycles. The number of alkyl halides is 1. The number of hydrogen-bond acceptors (Lipinski definition) is 3. The standard InChI is InChI=1S/C18H20ClNO3S/c1-3-4-11-23-13-9-10-15-17(12-13)24(21,22)20(2)16-8-6-5-7-14(16)18(15)19/h5-10,12,18H,3-4,11H2,1-2H3. The second-order valence-electron chi connectivity index (χ2n) is 5.80. The quantitative estimate of drug-likeness (QED) is 0.598. The van der Waals surface area contributed by atoms with Gasteiger partial charge in [-0.2, -0.15) is 0 Å². The number of benzene rings is 2.